The Bertz CT molecular complexity index is 927. The van der Waals surface area contributed by atoms with E-state index < -0.39 is 34.2 Å². The van der Waals surface area contributed by atoms with Gasteiger partial charge in [-0.05, 0) is 30.7 Å². The van der Waals surface area contributed by atoms with E-state index >= 15 is 0 Å². The normalized spacial score (nSPS) is 11.9. The number of alkyl halides is 3. The van der Waals surface area contributed by atoms with Gasteiger partial charge in [-0.15, -0.1) is 0 Å². The fraction of sp³-hybridized carbons (Fsp3) is 0.278. The molecule has 1 N–H and O–H groups in total. The van der Waals surface area contributed by atoms with E-state index in [1.165, 1.54) is 6.07 Å². The molecule has 0 aliphatic heterocycles. The van der Waals surface area contributed by atoms with Gasteiger partial charge in [-0.3, -0.25) is 9.10 Å². The first kappa shape index (κ1) is 20.8. The Balaban J connectivity index is 2.17. The number of amides is 1. The van der Waals surface area contributed by atoms with Gasteiger partial charge in [0.25, 0.3) is 0 Å². The molecule has 0 atom stereocenters. The van der Waals surface area contributed by atoms with Crippen LogP contribution in [-0.2, 0) is 27.5 Å². The van der Waals surface area contributed by atoms with E-state index in [0.29, 0.717) is 10.4 Å². The van der Waals surface area contributed by atoms with Crippen LogP contribution < -0.4 is 9.62 Å². The standard InChI is InChI=1S/C18H19F3N2O3S/c1-13-5-3-6-14(9-13)11-22-17(24)12-23(27(2,25)26)16-8-4-7-15(10-16)18(19,20)21/h3-10H,11-12H2,1-2H3,(H,22,24). The van der Waals surface area contributed by atoms with Gasteiger partial charge in [0.2, 0.25) is 15.9 Å². The Morgan fingerprint density at radius 1 is 1.11 bits per heavy atom. The van der Waals surface area contributed by atoms with Crippen molar-refractivity contribution in [2.24, 2.45) is 0 Å². The molecule has 0 heterocycles. The number of sulfonamides is 1. The first-order valence-electron chi connectivity index (χ1n) is 7.94. The fourth-order valence-corrected chi connectivity index (χ4v) is 3.29. The van der Waals surface area contributed by atoms with Gasteiger partial charge in [0.05, 0.1) is 17.5 Å². The maximum atomic E-state index is 12.9. The van der Waals surface area contributed by atoms with Gasteiger partial charge in [-0.2, -0.15) is 13.2 Å². The highest BCUT2D eigenvalue weighted by Gasteiger charge is 2.31. The molecule has 0 saturated carbocycles. The summed E-state index contributed by atoms with van der Waals surface area (Å²) in [5.41, 5.74) is 0.614. The molecular formula is C18H19F3N2O3S. The lowest BCUT2D eigenvalue weighted by molar-refractivity contribution is -0.137. The molecule has 2 aromatic rings. The summed E-state index contributed by atoms with van der Waals surface area (Å²) in [5, 5.41) is 2.58. The SMILES string of the molecule is Cc1cccc(CNC(=O)CN(c2cccc(C(F)(F)F)c2)S(C)(=O)=O)c1. The molecule has 146 valence electrons. The minimum absolute atomic E-state index is 0.181. The van der Waals surface area contributed by atoms with E-state index in [1.54, 1.807) is 6.07 Å². The van der Waals surface area contributed by atoms with E-state index in [0.717, 1.165) is 29.5 Å². The minimum Gasteiger partial charge on any atom is -0.350 e. The molecule has 0 unspecified atom stereocenters. The van der Waals surface area contributed by atoms with E-state index in [9.17, 15) is 26.4 Å². The molecule has 0 spiro atoms. The summed E-state index contributed by atoms with van der Waals surface area (Å²) in [6, 6.07) is 11.2. The van der Waals surface area contributed by atoms with Crippen LogP contribution in [0.15, 0.2) is 48.5 Å². The average Bonchev–Trinajstić information content (AvgIpc) is 2.56. The predicted octanol–water partition coefficient (Wildman–Crippen LogP) is 3.10. The van der Waals surface area contributed by atoms with Crippen molar-refractivity contribution in [3.05, 3.63) is 65.2 Å². The Labute approximate surface area is 155 Å². The van der Waals surface area contributed by atoms with Crippen molar-refractivity contribution in [1.82, 2.24) is 5.32 Å². The van der Waals surface area contributed by atoms with Crippen molar-refractivity contribution in [3.8, 4) is 0 Å². The van der Waals surface area contributed by atoms with Gasteiger partial charge in [-0.1, -0.05) is 35.9 Å². The van der Waals surface area contributed by atoms with Gasteiger partial charge in [0.15, 0.2) is 0 Å². The minimum atomic E-state index is -4.62. The lowest BCUT2D eigenvalue weighted by Gasteiger charge is -2.22. The number of hydrogen-bond donors (Lipinski definition) is 1. The third kappa shape index (κ3) is 5.99. The summed E-state index contributed by atoms with van der Waals surface area (Å²) in [4.78, 5) is 12.2. The molecule has 2 rings (SSSR count). The van der Waals surface area contributed by atoms with Crippen molar-refractivity contribution >= 4 is 21.6 Å². The Morgan fingerprint density at radius 2 is 1.78 bits per heavy atom. The van der Waals surface area contributed by atoms with Crippen molar-refractivity contribution in [2.45, 2.75) is 19.6 Å². The molecule has 5 nitrogen and oxygen atoms in total. The molecule has 0 fully saturated rings. The highest BCUT2D eigenvalue weighted by molar-refractivity contribution is 7.92. The second kappa shape index (κ2) is 7.99. The third-order valence-corrected chi connectivity index (χ3v) is 4.86. The third-order valence-electron chi connectivity index (χ3n) is 3.72. The highest BCUT2D eigenvalue weighted by atomic mass is 32.2. The number of rotatable bonds is 6. The maximum absolute atomic E-state index is 12.9. The number of nitrogens with one attached hydrogen (secondary N) is 1. The first-order chi connectivity index (χ1) is 12.5. The largest absolute Gasteiger partial charge is 0.416 e. The smallest absolute Gasteiger partial charge is 0.350 e. The lowest BCUT2D eigenvalue weighted by Crippen LogP contribution is -2.40. The van der Waals surface area contributed by atoms with Gasteiger partial charge in [0, 0.05) is 6.54 Å². The van der Waals surface area contributed by atoms with Crippen LogP contribution in [0.2, 0.25) is 0 Å². The zero-order valence-electron chi connectivity index (χ0n) is 14.7. The van der Waals surface area contributed by atoms with Crippen LogP contribution >= 0.6 is 0 Å². The highest BCUT2D eigenvalue weighted by Crippen LogP contribution is 2.32. The number of anilines is 1. The van der Waals surface area contributed by atoms with Crippen molar-refractivity contribution < 1.29 is 26.4 Å². The van der Waals surface area contributed by atoms with Gasteiger partial charge in [0.1, 0.15) is 6.54 Å². The summed E-state index contributed by atoms with van der Waals surface area (Å²) >= 11 is 0. The zero-order chi connectivity index (χ0) is 20.2. The van der Waals surface area contributed by atoms with Crippen LogP contribution in [0.5, 0.6) is 0 Å². The topological polar surface area (TPSA) is 66.5 Å². The zero-order valence-corrected chi connectivity index (χ0v) is 15.6. The van der Waals surface area contributed by atoms with Crippen molar-refractivity contribution in [2.75, 3.05) is 17.1 Å². The lowest BCUT2D eigenvalue weighted by atomic mass is 10.1. The molecule has 27 heavy (non-hydrogen) atoms. The molecule has 0 saturated heterocycles. The summed E-state index contributed by atoms with van der Waals surface area (Å²) in [7, 11) is -3.96. The average molecular weight is 400 g/mol. The molecule has 0 aliphatic carbocycles. The number of carbonyl (C=O) groups is 1. The number of aryl methyl sites for hydroxylation is 1. The Hall–Kier alpha value is -2.55. The van der Waals surface area contributed by atoms with Gasteiger partial charge >= 0.3 is 6.18 Å². The fourth-order valence-electron chi connectivity index (χ4n) is 2.45. The summed E-state index contributed by atoms with van der Waals surface area (Å²) in [5.74, 6) is -0.626. The van der Waals surface area contributed by atoms with Gasteiger partial charge in [-0.25, -0.2) is 8.42 Å². The van der Waals surface area contributed by atoms with Crippen LogP contribution in [0.3, 0.4) is 0 Å². The van der Waals surface area contributed by atoms with E-state index in [2.05, 4.69) is 5.32 Å². The van der Waals surface area contributed by atoms with E-state index in [-0.39, 0.29) is 12.2 Å². The number of benzene rings is 2. The molecular weight excluding hydrogens is 381 g/mol. The second-order valence-corrected chi connectivity index (χ2v) is 7.99. The van der Waals surface area contributed by atoms with Crippen LogP contribution in [-0.4, -0.2) is 27.1 Å². The van der Waals surface area contributed by atoms with Gasteiger partial charge < -0.3 is 5.32 Å². The summed E-state index contributed by atoms with van der Waals surface area (Å²) in [6.07, 6.45) is -3.78. The van der Waals surface area contributed by atoms with Crippen LogP contribution in [0.4, 0.5) is 18.9 Å². The van der Waals surface area contributed by atoms with Crippen molar-refractivity contribution in [3.63, 3.8) is 0 Å². The number of carbonyl (C=O) groups excluding carboxylic acids is 1. The van der Waals surface area contributed by atoms with E-state index in [4.69, 9.17) is 0 Å². The quantitative estimate of drug-likeness (QED) is 0.810. The predicted molar refractivity (Wildman–Crippen MR) is 96.7 cm³/mol. The Kier molecular flexibility index (Phi) is 6.15. The summed E-state index contributed by atoms with van der Waals surface area (Å²) < 4.78 is 63.3. The Morgan fingerprint density at radius 3 is 2.37 bits per heavy atom. The van der Waals surface area contributed by atoms with Crippen LogP contribution in [0.25, 0.3) is 0 Å². The molecule has 0 aromatic heterocycles. The van der Waals surface area contributed by atoms with Crippen LogP contribution in [0, 0.1) is 6.92 Å². The number of halogens is 3. The van der Waals surface area contributed by atoms with Crippen LogP contribution in [0.1, 0.15) is 16.7 Å². The monoisotopic (exact) mass is 400 g/mol. The number of nitrogens with zero attached hydrogens (tertiary/aromatic N) is 1. The molecule has 0 aliphatic rings. The molecule has 1 amide bonds. The molecule has 2 aromatic carbocycles. The molecule has 9 heteroatoms. The van der Waals surface area contributed by atoms with Crippen molar-refractivity contribution in [1.29, 1.82) is 0 Å². The van der Waals surface area contributed by atoms with E-state index in [1.807, 2.05) is 25.1 Å². The first-order valence-corrected chi connectivity index (χ1v) is 9.79. The molecule has 0 radical (unpaired) electrons. The summed E-state index contributed by atoms with van der Waals surface area (Å²) in [6.45, 7) is 1.46. The maximum Gasteiger partial charge on any atom is 0.416 e. The number of hydrogen-bond acceptors (Lipinski definition) is 3. The second-order valence-electron chi connectivity index (χ2n) is 6.08. The molecule has 0 bridgehead atoms.